The van der Waals surface area contributed by atoms with Crippen LogP contribution in [0.5, 0.6) is 5.75 Å². The number of rotatable bonds is 4. The van der Waals surface area contributed by atoms with E-state index in [0.29, 0.717) is 5.75 Å². The molecule has 0 aliphatic carbocycles. The lowest BCUT2D eigenvalue weighted by Gasteiger charge is -2.09. The normalized spacial score (nSPS) is 11.6. The average molecular weight is 281 g/mol. The minimum Gasteiger partial charge on any atom is -0.491 e. The molecule has 0 saturated carbocycles. The second-order valence-electron chi connectivity index (χ2n) is 2.60. The van der Waals surface area contributed by atoms with Crippen LogP contribution in [0.1, 0.15) is 0 Å². The van der Waals surface area contributed by atoms with E-state index in [0.717, 1.165) is 4.47 Å². The highest BCUT2D eigenvalue weighted by molar-refractivity contribution is 9.10. The SMILES string of the molecule is OC[C@H](O)COc1ccc(Br)cc1.S. The summed E-state index contributed by atoms with van der Waals surface area (Å²) in [6.45, 7) is -0.172. The zero-order valence-corrected chi connectivity index (χ0v) is 10.1. The van der Waals surface area contributed by atoms with Crippen LogP contribution in [0, 0.1) is 0 Å². The molecule has 0 fully saturated rings. The Bertz CT molecular complexity index is 253. The fraction of sp³-hybridized carbons (Fsp3) is 0.333. The number of aliphatic hydroxyl groups is 2. The van der Waals surface area contributed by atoms with Crippen molar-refractivity contribution in [3.63, 3.8) is 0 Å². The van der Waals surface area contributed by atoms with E-state index in [4.69, 9.17) is 14.9 Å². The summed E-state index contributed by atoms with van der Waals surface area (Å²) in [5, 5.41) is 17.5. The van der Waals surface area contributed by atoms with Crippen LogP contribution in [0.3, 0.4) is 0 Å². The maximum Gasteiger partial charge on any atom is 0.119 e. The number of aliphatic hydroxyl groups excluding tert-OH is 2. The van der Waals surface area contributed by atoms with Gasteiger partial charge in [-0.3, -0.25) is 0 Å². The van der Waals surface area contributed by atoms with Crippen LogP contribution in [0.4, 0.5) is 0 Å². The Kier molecular flexibility index (Phi) is 7.00. The van der Waals surface area contributed by atoms with Gasteiger partial charge in [-0.15, -0.1) is 0 Å². The van der Waals surface area contributed by atoms with Crippen molar-refractivity contribution in [1.29, 1.82) is 0 Å². The van der Waals surface area contributed by atoms with Crippen LogP contribution in [-0.4, -0.2) is 29.5 Å². The quantitative estimate of drug-likeness (QED) is 0.874. The van der Waals surface area contributed by atoms with Gasteiger partial charge in [-0.1, -0.05) is 15.9 Å². The molecule has 0 aliphatic heterocycles. The van der Waals surface area contributed by atoms with Crippen molar-refractivity contribution >= 4 is 29.4 Å². The summed E-state index contributed by atoms with van der Waals surface area (Å²) in [4.78, 5) is 0. The van der Waals surface area contributed by atoms with Crippen LogP contribution < -0.4 is 4.74 Å². The molecule has 0 spiro atoms. The van der Waals surface area contributed by atoms with Crippen molar-refractivity contribution in [2.75, 3.05) is 13.2 Å². The molecular weight excluding hydrogens is 268 g/mol. The molecule has 0 radical (unpaired) electrons. The van der Waals surface area contributed by atoms with E-state index in [-0.39, 0.29) is 26.7 Å². The van der Waals surface area contributed by atoms with Gasteiger partial charge in [-0.05, 0) is 24.3 Å². The molecule has 0 amide bonds. The van der Waals surface area contributed by atoms with Crippen LogP contribution in [0.15, 0.2) is 28.7 Å². The minimum absolute atomic E-state index is 0. The van der Waals surface area contributed by atoms with Gasteiger partial charge in [0, 0.05) is 4.47 Å². The zero-order chi connectivity index (χ0) is 9.68. The third-order valence-corrected chi connectivity index (χ3v) is 2.00. The van der Waals surface area contributed by atoms with Crippen LogP contribution >= 0.6 is 29.4 Å². The number of halogens is 1. The van der Waals surface area contributed by atoms with E-state index < -0.39 is 6.10 Å². The molecule has 0 aromatic heterocycles. The summed E-state index contributed by atoms with van der Waals surface area (Å²) < 4.78 is 6.16. The Balaban J connectivity index is 0.00000169. The monoisotopic (exact) mass is 280 g/mol. The van der Waals surface area contributed by atoms with Gasteiger partial charge in [0.05, 0.1) is 6.61 Å². The third kappa shape index (κ3) is 4.85. The molecule has 0 bridgehead atoms. The first-order valence-electron chi connectivity index (χ1n) is 3.89. The van der Waals surface area contributed by atoms with Crippen molar-refractivity contribution in [3.8, 4) is 5.75 Å². The van der Waals surface area contributed by atoms with Gasteiger partial charge in [0.2, 0.25) is 0 Å². The number of benzene rings is 1. The highest BCUT2D eigenvalue weighted by Gasteiger charge is 2.02. The van der Waals surface area contributed by atoms with E-state index in [2.05, 4.69) is 15.9 Å². The molecule has 5 heteroatoms. The fourth-order valence-corrected chi connectivity index (χ4v) is 1.04. The molecule has 1 aromatic rings. The van der Waals surface area contributed by atoms with Crippen LogP contribution in [0.25, 0.3) is 0 Å². The van der Waals surface area contributed by atoms with Crippen molar-refractivity contribution in [1.82, 2.24) is 0 Å². The van der Waals surface area contributed by atoms with Gasteiger partial charge >= 0.3 is 0 Å². The van der Waals surface area contributed by atoms with Crippen LogP contribution in [0.2, 0.25) is 0 Å². The summed E-state index contributed by atoms with van der Waals surface area (Å²) in [5.41, 5.74) is 0. The van der Waals surface area contributed by atoms with Crippen LogP contribution in [-0.2, 0) is 0 Å². The van der Waals surface area contributed by atoms with Gasteiger partial charge in [0.25, 0.3) is 0 Å². The van der Waals surface area contributed by atoms with E-state index >= 15 is 0 Å². The summed E-state index contributed by atoms with van der Waals surface area (Å²) in [5.74, 6) is 0.677. The van der Waals surface area contributed by atoms with E-state index in [1.807, 2.05) is 12.1 Å². The second-order valence-corrected chi connectivity index (χ2v) is 3.52. The molecule has 2 N–H and O–H groups in total. The Labute approximate surface area is 98.3 Å². The van der Waals surface area contributed by atoms with Gasteiger partial charge in [-0.25, -0.2) is 0 Å². The second kappa shape index (κ2) is 7.11. The van der Waals surface area contributed by atoms with Crippen molar-refractivity contribution < 1.29 is 14.9 Å². The lowest BCUT2D eigenvalue weighted by atomic mass is 10.3. The Morgan fingerprint density at radius 1 is 1.29 bits per heavy atom. The third-order valence-electron chi connectivity index (χ3n) is 1.47. The lowest BCUT2D eigenvalue weighted by molar-refractivity contribution is 0.0536. The average Bonchev–Trinajstić information content (AvgIpc) is 2.16. The topological polar surface area (TPSA) is 49.7 Å². The van der Waals surface area contributed by atoms with Gasteiger partial charge < -0.3 is 14.9 Å². The largest absolute Gasteiger partial charge is 0.491 e. The summed E-state index contributed by atoms with van der Waals surface area (Å²) in [6.07, 6.45) is -0.816. The standard InChI is InChI=1S/C9H11BrO3.H2S/c10-7-1-3-9(4-2-7)13-6-8(12)5-11;/h1-4,8,11-12H,5-6H2;1H2/t8-;/m0./s1. The first kappa shape index (κ1) is 13.8. The molecule has 1 atom stereocenters. The van der Waals surface area contributed by atoms with E-state index in [9.17, 15) is 0 Å². The maximum absolute atomic E-state index is 8.99. The summed E-state index contributed by atoms with van der Waals surface area (Å²) in [7, 11) is 0. The van der Waals surface area contributed by atoms with E-state index in [1.54, 1.807) is 12.1 Å². The van der Waals surface area contributed by atoms with Crippen molar-refractivity contribution in [3.05, 3.63) is 28.7 Å². The van der Waals surface area contributed by atoms with E-state index in [1.165, 1.54) is 0 Å². The molecule has 14 heavy (non-hydrogen) atoms. The van der Waals surface area contributed by atoms with Gasteiger partial charge in [0.15, 0.2) is 0 Å². The minimum atomic E-state index is -0.816. The Morgan fingerprint density at radius 2 is 1.86 bits per heavy atom. The molecule has 0 saturated heterocycles. The summed E-state index contributed by atoms with van der Waals surface area (Å²) >= 11 is 3.29. The first-order chi connectivity index (χ1) is 6.22. The smallest absolute Gasteiger partial charge is 0.119 e. The lowest BCUT2D eigenvalue weighted by Crippen LogP contribution is -2.21. The molecular formula is C9H13BrO3S. The fourth-order valence-electron chi connectivity index (χ4n) is 0.776. The number of hydrogen-bond donors (Lipinski definition) is 2. The molecule has 3 nitrogen and oxygen atoms in total. The molecule has 0 unspecified atom stereocenters. The number of hydrogen-bond acceptors (Lipinski definition) is 3. The maximum atomic E-state index is 8.99. The zero-order valence-electron chi connectivity index (χ0n) is 7.48. The molecule has 0 heterocycles. The highest BCUT2D eigenvalue weighted by Crippen LogP contribution is 2.15. The Morgan fingerprint density at radius 3 is 2.36 bits per heavy atom. The molecule has 0 aliphatic rings. The molecule has 1 rings (SSSR count). The highest BCUT2D eigenvalue weighted by atomic mass is 79.9. The Hall–Kier alpha value is -0.230. The number of ether oxygens (including phenoxy) is 1. The summed E-state index contributed by atoms with van der Waals surface area (Å²) in [6, 6.07) is 7.27. The first-order valence-corrected chi connectivity index (χ1v) is 4.69. The van der Waals surface area contributed by atoms with Crippen molar-refractivity contribution in [2.45, 2.75) is 6.10 Å². The predicted molar refractivity (Wildman–Crippen MR) is 63.1 cm³/mol. The molecule has 1 aromatic carbocycles. The van der Waals surface area contributed by atoms with Gasteiger partial charge in [-0.2, -0.15) is 13.5 Å². The molecule has 80 valence electrons. The van der Waals surface area contributed by atoms with Gasteiger partial charge in [0.1, 0.15) is 18.5 Å². The predicted octanol–water partition coefficient (Wildman–Crippen LogP) is 1.29. The van der Waals surface area contributed by atoms with Crippen molar-refractivity contribution in [2.24, 2.45) is 0 Å².